The number of hydrogen-bond donors (Lipinski definition) is 0. The molecule has 0 saturated carbocycles. The van der Waals surface area contributed by atoms with Crippen molar-refractivity contribution in [3.8, 4) is 0 Å². The SMILES string of the molecule is [Gd+3].[OH-].[OH-].[OH-]. The summed E-state index contributed by atoms with van der Waals surface area (Å²) in [5.74, 6) is 0. The third-order valence-electron chi connectivity index (χ3n) is 0. The average Bonchev–Trinajstić information content (AvgIpc) is 0. The quantitative estimate of drug-likeness (QED) is 0.536. The van der Waals surface area contributed by atoms with Gasteiger partial charge in [0.2, 0.25) is 0 Å². The molecule has 0 aliphatic heterocycles. The summed E-state index contributed by atoms with van der Waals surface area (Å²) in [6.07, 6.45) is 0. The molecule has 0 unspecified atom stereocenters. The van der Waals surface area contributed by atoms with Crippen LogP contribution in [0.15, 0.2) is 0 Å². The van der Waals surface area contributed by atoms with Gasteiger partial charge in [0.15, 0.2) is 0 Å². The Bertz CT molecular complexity index is 3.25. The zero-order valence-corrected chi connectivity index (χ0v) is 3.96. The summed E-state index contributed by atoms with van der Waals surface area (Å²) in [6.45, 7) is 0. The minimum atomic E-state index is 0. The molecule has 0 saturated heterocycles. The van der Waals surface area contributed by atoms with Gasteiger partial charge in [0.25, 0.3) is 0 Å². The van der Waals surface area contributed by atoms with Crippen LogP contribution in [0.3, 0.4) is 0 Å². The van der Waals surface area contributed by atoms with E-state index in [1.807, 2.05) is 0 Å². The molecule has 0 aliphatic rings. The standard InChI is InChI=1S/Gd.3H2O/h;3*1H2/q+3;;;/p-3. The molecule has 1 radical (unpaired) electrons. The predicted octanol–water partition coefficient (Wildman–Crippen LogP) is -0.530. The van der Waals surface area contributed by atoms with E-state index in [0.717, 1.165) is 0 Å². The van der Waals surface area contributed by atoms with Gasteiger partial charge in [-0.3, -0.25) is 0 Å². The van der Waals surface area contributed by atoms with Crippen LogP contribution in [0, 0.1) is 39.9 Å². The third kappa shape index (κ3) is 10.7. The van der Waals surface area contributed by atoms with Gasteiger partial charge < -0.3 is 16.4 Å². The Balaban J connectivity index is 0. The average molecular weight is 208 g/mol. The van der Waals surface area contributed by atoms with E-state index in [0.29, 0.717) is 0 Å². The minimum Gasteiger partial charge on any atom is -0.870 e. The maximum absolute atomic E-state index is 0. The molecule has 0 aromatic heterocycles. The Labute approximate surface area is 56.0 Å². The molecule has 4 heavy (non-hydrogen) atoms. The monoisotopic (exact) mass is 209 g/mol. The van der Waals surface area contributed by atoms with Crippen LogP contribution >= 0.6 is 0 Å². The van der Waals surface area contributed by atoms with Crippen LogP contribution in [-0.4, -0.2) is 16.4 Å². The molecule has 0 aromatic carbocycles. The van der Waals surface area contributed by atoms with E-state index in [1.165, 1.54) is 0 Å². The van der Waals surface area contributed by atoms with Crippen molar-refractivity contribution >= 4 is 0 Å². The van der Waals surface area contributed by atoms with Crippen LogP contribution in [0.1, 0.15) is 0 Å². The van der Waals surface area contributed by atoms with Crippen molar-refractivity contribution in [2.75, 3.05) is 0 Å². The molecule has 0 aromatic rings. The Kier molecular flexibility index (Phi) is 472. The van der Waals surface area contributed by atoms with Crippen molar-refractivity contribution < 1.29 is 56.4 Å². The van der Waals surface area contributed by atoms with Crippen LogP contribution in [-0.2, 0) is 0 Å². The van der Waals surface area contributed by atoms with E-state index < -0.39 is 0 Å². The number of hydrogen-bond acceptors (Lipinski definition) is 3. The minimum absolute atomic E-state index is 0. The molecular weight excluding hydrogens is 205 g/mol. The van der Waals surface area contributed by atoms with Gasteiger partial charge in [0.05, 0.1) is 0 Å². The fourth-order valence-corrected chi connectivity index (χ4v) is 0. The smallest absolute Gasteiger partial charge is 0.870 e. The van der Waals surface area contributed by atoms with Gasteiger partial charge in [-0.2, -0.15) is 0 Å². The molecule has 0 heterocycles. The molecule has 3 nitrogen and oxygen atoms in total. The van der Waals surface area contributed by atoms with Crippen molar-refractivity contribution in [3.63, 3.8) is 0 Å². The molecule has 0 rings (SSSR count). The summed E-state index contributed by atoms with van der Waals surface area (Å²) >= 11 is 0. The van der Waals surface area contributed by atoms with Gasteiger partial charge in [-0.25, -0.2) is 0 Å². The molecular formula is H3GdO3. The largest absolute Gasteiger partial charge is 3.00 e. The summed E-state index contributed by atoms with van der Waals surface area (Å²) in [4.78, 5) is 0. The Morgan fingerprint density at radius 2 is 0.500 bits per heavy atom. The van der Waals surface area contributed by atoms with Crippen LogP contribution in [0.4, 0.5) is 0 Å². The van der Waals surface area contributed by atoms with Gasteiger partial charge in [-0.05, 0) is 0 Å². The fourth-order valence-electron chi connectivity index (χ4n) is 0. The van der Waals surface area contributed by atoms with Gasteiger partial charge in [-0.1, -0.05) is 0 Å². The van der Waals surface area contributed by atoms with Crippen LogP contribution in [0.2, 0.25) is 0 Å². The van der Waals surface area contributed by atoms with Crippen molar-refractivity contribution in [2.45, 2.75) is 0 Å². The first kappa shape index (κ1) is 63.4. The Morgan fingerprint density at radius 1 is 0.500 bits per heavy atom. The summed E-state index contributed by atoms with van der Waals surface area (Å²) < 4.78 is 0. The van der Waals surface area contributed by atoms with E-state index in [4.69, 9.17) is 0 Å². The summed E-state index contributed by atoms with van der Waals surface area (Å²) in [5, 5.41) is 0. The third-order valence-corrected chi connectivity index (χ3v) is 0. The first-order valence-electron chi connectivity index (χ1n) is 0. The van der Waals surface area contributed by atoms with E-state index in [2.05, 4.69) is 0 Å². The van der Waals surface area contributed by atoms with Gasteiger partial charge in [0, 0.05) is 0 Å². The summed E-state index contributed by atoms with van der Waals surface area (Å²) in [5.41, 5.74) is 0. The molecule has 0 atom stereocenters. The van der Waals surface area contributed by atoms with E-state index in [-0.39, 0.29) is 56.4 Å². The predicted molar refractivity (Wildman–Crippen MR) is 5.81 cm³/mol. The normalized spacial score (nSPS) is 0. The second-order valence-corrected chi connectivity index (χ2v) is 0. The van der Waals surface area contributed by atoms with Crippen LogP contribution < -0.4 is 0 Å². The maximum atomic E-state index is 0. The summed E-state index contributed by atoms with van der Waals surface area (Å²) in [7, 11) is 0. The van der Waals surface area contributed by atoms with Crippen molar-refractivity contribution in [3.05, 3.63) is 0 Å². The Morgan fingerprint density at radius 3 is 0.500 bits per heavy atom. The van der Waals surface area contributed by atoms with E-state index in [1.54, 1.807) is 0 Å². The Hall–Kier alpha value is 1.20. The van der Waals surface area contributed by atoms with Crippen molar-refractivity contribution in [1.82, 2.24) is 0 Å². The molecule has 0 spiro atoms. The van der Waals surface area contributed by atoms with E-state index >= 15 is 0 Å². The molecule has 0 fully saturated rings. The first-order valence-corrected chi connectivity index (χ1v) is 0. The zero-order valence-electron chi connectivity index (χ0n) is 1.70. The molecule has 4 heteroatoms. The van der Waals surface area contributed by atoms with Crippen molar-refractivity contribution in [1.29, 1.82) is 0 Å². The maximum Gasteiger partial charge on any atom is 3.00 e. The van der Waals surface area contributed by atoms with E-state index in [9.17, 15) is 0 Å². The second kappa shape index (κ2) is 29.8. The number of rotatable bonds is 0. The molecule has 29 valence electrons. The molecule has 0 bridgehead atoms. The van der Waals surface area contributed by atoms with Gasteiger partial charge >= 0.3 is 39.9 Å². The fraction of sp³-hybridized carbons (Fsp3) is 0. The molecule has 0 aliphatic carbocycles. The second-order valence-electron chi connectivity index (χ2n) is 0. The zero-order chi connectivity index (χ0) is 0. The summed E-state index contributed by atoms with van der Waals surface area (Å²) in [6, 6.07) is 0. The topological polar surface area (TPSA) is 90.0 Å². The van der Waals surface area contributed by atoms with Gasteiger partial charge in [-0.15, -0.1) is 0 Å². The molecule has 3 N–H and O–H groups in total. The van der Waals surface area contributed by atoms with Crippen molar-refractivity contribution in [2.24, 2.45) is 0 Å². The van der Waals surface area contributed by atoms with Crippen LogP contribution in [0.5, 0.6) is 0 Å². The van der Waals surface area contributed by atoms with Crippen LogP contribution in [0.25, 0.3) is 0 Å². The molecule has 0 amide bonds. The van der Waals surface area contributed by atoms with Gasteiger partial charge in [0.1, 0.15) is 0 Å². The first-order chi connectivity index (χ1) is 0.